The van der Waals surface area contributed by atoms with Crippen LogP contribution in [0, 0.1) is 0 Å². The molecule has 0 N–H and O–H groups in total. The van der Waals surface area contributed by atoms with Gasteiger partial charge in [0.1, 0.15) is 0 Å². The third kappa shape index (κ3) is 3.24. The first-order valence-corrected chi connectivity index (χ1v) is 7.24. The molecule has 2 aromatic carbocycles. The van der Waals surface area contributed by atoms with Gasteiger partial charge >= 0.3 is 0 Å². The number of rotatable bonds is 4. The van der Waals surface area contributed by atoms with Gasteiger partial charge < -0.3 is 0 Å². The highest BCUT2D eigenvalue weighted by atomic mass is 15.2. The van der Waals surface area contributed by atoms with E-state index in [9.17, 15) is 0 Å². The van der Waals surface area contributed by atoms with Crippen LogP contribution in [0.3, 0.4) is 0 Å². The molecule has 19 heavy (non-hydrogen) atoms. The van der Waals surface area contributed by atoms with Gasteiger partial charge in [0.05, 0.1) is 0 Å². The number of benzene rings is 2. The van der Waals surface area contributed by atoms with E-state index < -0.39 is 0 Å². The van der Waals surface area contributed by atoms with Crippen molar-refractivity contribution in [2.24, 2.45) is 0 Å². The summed E-state index contributed by atoms with van der Waals surface area (Å²) >= 11 is 0. The summed E-state index contributed by atoms with van der Waals surface area (Å²) in [5, 5.41) is 0. The average Bonchev–Trinajstić information content (AvgIpc) is 2.88. The average molecular weight is 251 g/mol. The lowest BCUT2D eigenvalue weighted by Crippen LogP contribution is -2.30. The van der Waals surface area contributed by atoms with E-state index in [4.69, 9.17) is 0 Å². The van der Waals surface area contributed by atoms with Gasteiger partial charge in [0, 0.05) is 12.6 Å². The zero-order valence-electron chi connectivity index (χ0n) is 11.3. The van der Waals surface area contributed by atoms with Crippen LogP contribution in [0.15, 0.2) is 60.7 Å². The van der Waals surface area contributed by atoms with Crippen LogP contribution in [-0.4, -0.2) is 17.5 Å². The lowest BCUT2D eigenvalue weighted by molar-refractivity contribution is 0.244. The minimum absolute atomic E-state index is 0.711. The lowest BCUT2D eigenvalue weighted by atomic mass is 10.0. The first-order valence-electron chi connectivity index (χ1n) is 7.24. The van der Waals surface area contributed by atoms with Crippen LogP contribution in [0.25, 0.3) is 0 Å². The third-order valence-electron chi connectivity index (χ3n) is 4.04. The molecule has 98 valence electrons. The monoisotopic (exact) mass is 251 g/mol. The van der Waals surface area contributed by atoms with Crippen molar-refractivity contribution in [1.29, 1.82) is 0 Å². The maximum absolute atomic E-state index is 2.64. The predicted octanol–water partition coefficient (Wildman–Crippen LogP) is 3.89. The predicted molar refractivity (Wildman–Crippen MR) is 80.0 cm³/mol. The zero-order valence-corrected chi connectivity index (χ0v) is 11.3. The fourth-order valence-electron chi connectivity index (χ4n) is 3.04. The molecule has 0 amide bonds. The van der Waals surface area contributed by atoms with Gasteiger partial charge in [-0.1, -0.05) is 60.7 Å². The molecular weight excluding hydrogens is 230 g/mol. The molecule has 0 aromatic heterocycles. The Morgan fingerprint density at radius 3 is 2.16 bits per heavy atom. The highest BCUT2D eigenvalue weighted by molar-refractivity contribution is 5.18. The minimum atomic E-state index is 0.711. The summed E-state index contributed by atoms with van der Waals surface area (Å²) in [5.74, 6) is 0. The van der Waals surface area contributed by atoms with Crippen LogP contribution in [0.1, 0.15) is 24.0 Å². The molecule has 0 spiro atoms. The van der Waals surface area contributed by atoms with Gasteiger partial charge in [-0.2, -0.15) is 0 Å². The molecule has 0 bridgehead atoms. The first-order chi connectivity index (χ1) is 9.42. The normalized spacial score (nSPS) is 19.7. The Labute approximate surface area is 115 Å². The van der Waals surface area contributed by atoms with Gasteiger partial charge in [0.2, 0.25) is 0 Å². The third-order valence-corrected chi connectivity index (χ3v) is 4.04. The maximum Gasteiger partial charge on any atom is 0.0236 e. The van der Waals surface area contributed by atoms with E-state index in [0.29, 0.717) is 6.04 Å². The number of likely N-dealkylation sites (tertiary alicyclic amines) is 1. The SMILES string of the molecule is c1ccc(C[C@H]2CCCN2Cc2ccccc2)cc1. The van der Waals surface area contributed by atoms with Crippen LogP contribution in [-0.2, 0) is 13.0 Å². The summed E-state index contributed by atoms with van der Waals surface area (Å²) in [6, 6.07) is 22.4. The first kappa shape index (κ1) is 12.4. The van der Waals surface area contributed by atoms with E-state index in [-0.39, 0.29) is 0 Å². The Balaban J connectivity index is 1.65. The Morgan fingerprint density at radius 2 is 1.47 bits per heavy atom. The summed E-state index contributed by atoms with van der Waals surface area (Å²) in [7, 11) is 0. The zero-order chi connectivity index (χ0) is 12.9. The molecule has 1 nitrogen and oxygen atoms in total. The van der Waals surface area contributed by atoms with E-state index >= 15 is 0 Å². The molecule has 3 rings (SSSR count). The van der Waals surface area contributed by atoms with E-state index in [1.807, 2.05) is 0 Å². The molecule has 0 saturated carbocycles. The van der Waals surface area contributed by atoms with Crippen LogP contribution in [0.5, 0.6) is 0 Å². The van der Waals surface area contributed by atoms with E-state index in [0.717, 1.165) is 6.54 Å². The van der Waals surface area contributed by atoms with Gasteiger partial charge in [-0.05, 0) is 36.9 Å². The van der Waals surface area contributed by atoms with E-state index in [1.165, 1.54) is 36.9 Å². The van der Waals surface area contributed by atoms with Crippen LogP contribution in [0.4, 0.5) is 0 Å². The van der Waals surface area contributed by atoms with Crippen molar-refractivity contribution in [3.8, 4) is 0 Å². The van der Waals surface area contributed by atoms with Crippen LogP contribution < -0.4 is 0 Å². The van der Waals surface area contributed by atoms with Crippen molar-refractivity contribution in [2.75, 3.05) is 6.54 Å². The molecule has 1 saturated heterocycles. The molecule has 0 radical (unpaired) electrons. The summed E-state index contributed by atoms with van der Waals surface area (Å²) < 4.78 is 0. The molecule has 1 heteroatoms. The minimum Gasteiger partial charge on any atom is -0.296 e. The Hall–Kier alpha value is -1.60. The lowest BCUT2D eigenvalue weighted by Gasteiger charge is -2.24. The van der Waals surface area contributed by atoms with Gasteiger partial charge in [-0.15, -0.1) is 0 Å². The highest BCUT2D eigenvalue weighted by Crippen LogP contribution is 2.23. The fourth-order valence-corrected chi connectivity index (χ4v) is 3.04. The summed E-state index contributed by atoms with van der Waals surface area (Å²) in [4.78, 5) is 2.64. The maximum atomic E-state index is 2.64. The molecule has 1 atom stereocenters. The molecule has 1 aliphatic rings. The second kappa shape index (κ2) is 6.03. The smallest absolute Gasteiger partial charge is 0.0236 e. The Bertz CT molecular complexity index is 444. The number of hydrogen-bond acceptors (Lipinski definition) is 1. The molecule has 0 unspecified atom stereocenters. The summed E-state index contributed by atoms with van der Waals surface area (Å²) in [6.45, 7) is 2.34. The molecule has 1 aliphatic heterocycles. The van der Waals surface area contributed by atoms with Crippen molar-refractivity contribution < 1.29 is 0 Å². The molecular formula is C18H21N. The molecule has 0 aliphatic carbocycles. The summed E-state index contributed by atoms with van der Waals surface area (Å²) in [6.07, 6.45) is 3.86. The van der Waals surface area contributed by atoms with Gasteiger partial charge in [0.15, 0.2) is 0 Å². The topological polar surface area (TPSA) is 3.24 Å². The highest BCUT2D eigenvalue weighted by Gasteiger charge is 2.24. The van der Waals surface area contributed by atoms with Gasteiger partial charge in [0.25, 0.3) is 0 Å². The van der Waals surface area contributed by atoms with Gasteiger partial charge in [-0.25, -0.2) is 0 Å². The number of nitrogens with zero attached hydrogens (tertiary/aromatic N) is 1. The largest absolute Gasteiger partial charge is 0.296 e. The van der Waals surface area contributed by atoms with E-state index in [1.54, 1.807) is 0 Å². The van der Waals surface area contributed by atoms with Crippen LogP contribution >= 0.6 is 0 Å². The van der Waals surface area contributed by atoms with E-state index in [2.05, 4.69) is 65.6 Å². The standard InChI is InChI=1S/C18H21N/c1-3-8-16(9-4-1)14-18-12-7-13-19(18)15-17-10-5-2-6-11-17/h1-6,8-11,18H,7,12-15H2/t18-/m1/s1. The van der Waals surface area contributed by atoms with Crippen molar-refractivity contribution in [2.45, 2.75) is 31.8 Å². The van der Waals surface area contributed by atoms with Crippen molar-refractivity contribution >= 4 is 0 Å². The second-order valence-corrected chi connectivity index (χ2v) is 5.44. The second-order valence-electron chi connectivity index (χ2n) is 5.44. The van der Waals surface area contributed by atoms with Crippen molar-refractivity contribution in [1.82, 2.24) is 4.90 Å². The summed E-state index contributed by atoms with van der Waals surface area (Å²) in [5.41, 5.74) is 2.90. The molecule has 1 fully saturated rings. The van der Waals surface area contributed by atoms with Crippen LogP contribution in [0.2, 0.25) is 0 Å². The quantitative estimate of drug-likeness (QED) is 0.796. The Kier molecular flexibility index (Phi) is 3.95. The molecule has 2 aromatic rings. The van der Waals surface area contributed by atoms with Crippen molar-refractivity contribution in [3.63, 3.8) is 0 Å². The Morgan fingerprint density at radius 1 is 0.842 bits per heavy atom. The molecule has 1 heterocycles. The van der Waals surface area contributed by atoms with Crippen molar-refractivity contribution in [3.05, 3.63) is 71.8 Å². The number of hydrogen-bond donors (Lipinski definition) is 0. The van der Waals surface area contributed by atoms with Gasteiger partial charge in [-0.3, -0.25) is 4.90 Å². The fraction of sp³-hybridized carbons (Fsp3) is 0.333.